The minimum atomic E-state index is 0.587. The standard InChI is InChI=1S/C15H9BrN2/c1-2-11-4-3-5-14(8-11)18-15-9-13(16)7-6-12(15)10-17/h1,3-9,18H. The second-order valence-electron chi connectivity index (χ2n) is 3.65. The van der Waals surface area contributed by atoms with Crippen molar-refractivity contribution in [1.29, 1.82) is 5.26 Å². The first kappa shape index (κ1) is 12.2. The van der Waals surface area contributed by atoms with Crippen molar-refractivity contribution in [1.82, 2.24) is 0 Å². The third-order valence-electron chi connectivity index (χ3n) is 2.41. The molecule has 18 heavy (non-hydrogen) atoms. The second-order valence-corrected chi connectivity index (χ2v) is 4.57. The molecule has 0 heterocycles. The summed E-state index contributed by atoms with van der Waals surface area (Å²) in [5.74, 6) is 2.58. The van der Waals surface area contributed by atoms with Gasteiger partial charge in [0.15, 0.2) is 0 Å². The molecule has 0 aliphatic heterocycles. The summed E-state index contributed by atoms with van der Waals surface area (Å²) in [4.78, 5) is 0. The monoisotopic (exact) mass is 296 g/mol. The van der Waals surface area contributed by atoms with Gasteiger partial charge in [-0.2, -0.15) is 5.26 Å². The van der Waals surface area contributed by atoms with Gasteiger partial charge in [-0.05, 0) is 36.4 Å². The van der Waals surface area contributed by atoms with E-state index >= 15 is 0 Å². The zero-order chi connectivity index (χ0) is 13.0. The molecule has 0 saturated heterocycles. The molecular weight excluding hydrogens is 288 g/mol. The van der Waals surface area contributed by atoms with Crippen LogP contribution in [-0.2, 0) is 0 Å². The highest BCUT2D eigenvalue weighted by Gasteiger charge is 2.03. The predicted octanol–water partition coefficient (Wildman–Crippen LogP) is 4.05. The Hall–Kier alpha value is -2.23. The lowest BCUT2D eigenvalue weighted by atomic mass is 10.1. The number of anilines is 2. The Morgan fingerprint density at radius 2 is 2.00 bits per heavy atom. The van der Waals surface area contributed by atoms with Gasteiger partial charge in [0, 0.05) is 15.7 Å². The van der Waals surface area contributed by atoms with Crippen molar-refractivity contribution < 1.29 is 0 Å². The number of rotatable bonds is 2. The Kier molecular flexibility index (Phi) is 3.67. The minimum Gasteiger partial charge on any atom is -0.354 e. The van der Waals surface area contributed by atoms with E-state index in [2.05, 4.69) is 33.2 Å². The molecule has 3 heteroatoms. The molecule has 2 nitrogen and oxygen atoms in total. The lowest BCUT2D eigenvalue weighted by Crippen LogP contribution is -1.94. The molecule has 0 bridgehead atoms. The predicted molar refractivity (Wildman–Crippen MR) is 76.5 cm³/mol. The zero-order valence-electron chi connectivity index (χ0n) is 9.44. The van der Waals surface area contributed by atoms with E-state index in [-0.39, 0.29) is 0 Å². The molecule has 1 N–H and O–H groups in total. The largest absolute Gasteiger partial charge is 0.354 e. The lowest BCUT2D eigenvalue weighted by Gasteiger charge is -2.09. The molecule has 0 aliphatic rings. The van der Waals surface area contributed by atoms with Gasteiger partial charge in [0.25, 0.3) is 0 Å². The molecule has 2 aromatic carbocycles. The number of nitrogens with zero attached hydrogens (tertiary/aromatic N) is 1. The fraction of sp³-hybridized carbons (Fsp3) is 0. The number of nitrogens with one attached hydrogen (secondary N) is 1. The van der Waals surface area contributed by atoms with Crippen molar-refractivity contribution in [3.8, 4) is 18.4 Å². The molecule has 0 aromatic heterocycles. The molecule has 2 rings (SSSR count). The summed E-state index contributed by atoms with van der Waals surface area (Å²) in [6.45, 7) is 0. The van der Waals surface area contributed by atoms with E-state index in [1.54, 1.807) is 6.07 Å². The van der Waals surface area contributed by atoms with Gasteiger partial charge in [-0.1, -0.05) is 27.9 Å². The van der Waals surface area contributed by atoms with Gasteiger partial charge >= 0.3 is 0 Å². The fourth-order valence-electron chi connectivity index (χ4n) is 1.56. The smallest absolute Gasteiger partial charge is 0.101 e. The second kappa shape index (κ2) is 5.40. The minimum absolute atomic E-state index is 0.587. The van der Waals surface area contributed by atoms with E-state index in [0.29, 0.717) is 5.56 Å². The number of nitriles is 1. The molecular formula is C15H9BrN2. The highest BCUT2D eigenvalue weighted by Crippen LogP contribution is 2.24. The number of benzene rings is 2. The van der Waals surface area contributed by atoms with Crippen molar-refractivity contribution in [2.45, 2.75) is 0 Å². The molecule has 0 saturated carbocycles. The SMILES string of the molecule is C#Cc1cccc(Nc2cc(Br)ccc2C#N)c1. The van der Waals surface area contributed by atoms with Crippen molar-refractivity contribution in [3.63, 3.8) is 0 Å². The van der Waals surface area contributed by atoms with Gasteiger partial charge < -0.3 is 5.32 Å². The third-order valence-corrected chi connectivity index (χ3v) is 2.90. The first-order valence-corrected chi connectivity index (χ1v) is 6.05. The van der Waals surface area contributed by atoms with Crippen LogP contribution in [0.15, 0.2) is 46.9 Å². The van der Waals surface area contributed by atoms with Crippen molar-refractivity contribution in [3.05, 3.63) is 58.1 Å². The van der Waals surface area contributed by atoms with Crippen LogP contribution >= 0.6 is 15.9 Å². The summed E-state index contributed by atoms with van der Waals surface area (Å²) < 4.78 is 0.914. The molecule has 86 valence electrons. The van der Waals surface area contributed by atoms with Gasteiger partial charge in [0.1, 0.15) is 6.07 Å². The van der Waals surface area contributed by atoms with Crippen molar-refractivity contribution in [2.24, 2.45) is 0 Å². The van der Waals surface area contributed by atoms with Crippen LogP contribution in [0.3, 0.4) is 0 Å². The topological polar surface area (TPSA) is 35.8 Å². The molecule has 2 aromatic rings. The highest BCUT2D eigenvalue weighted by atomic mass is 79.9. The number of terminal acetylenes is 1. The summed E-state index contributed by atoms with van der Waals surface area (Å²) in [5, 5.41) is 12.2. The summed E-state index contributed by atoms with van der Waals surface area (Å²) in [7, 11) is 0. The van der Waals surface area contributed by atoms with E-state index < -0.39 is 0 Å². The Balaban J connectivity index is 2.37. The van der Waals surface area contributed by atoms with E-state index in [4.69, 9.17) is 11.7 Å². The molecule has 0 atom stereocenters. The molecule has 0 amide bonds. The van der Waals surface area contributed by atoms with Gasteiger partial charge in [-0.3, -0.25) is 0 Å². The zero-order valence-corrected chi connectivity index (χ0v) is 11.0. The summed E-state index contributed by atoms with van der Waals surface area (Å²) in [6, 6.07) is 15.1. The number of hydrogen-bond donors (Lipinski definition) is 1. The van der Waals surface area contributed by atoms with Gasteiger partial charge in [0.05, 0.1) is 11.3 Å². The Bertz CT molecular complexity index is 663. The number of hydrogen-bond acceptors (Lipinski definition) is 2. The quantitative estimate of drug-likeness (QED) is 0.849. The Morgan fingerprint density at radius 3 is 2.72 bits per heavy atom. The molecule has 0 spiro atoms. The van der Waals surface area contributed by atoms with Crippen LogP contribution in [-0.4, -0.2) is 0 Å². The average molecular weight is 297 g/mol. The first-order valence-electron chi connectivity index (χ1n) is 5.26. The van der Waals surface area contributed by atoms with Crippen molar-refractivity contribution in [2.75, 3.05) is 5.32 Å². The summed E-state index contributed by atoms with van der Waals surface area (Å²) in [5.41, 5.74) is 3.00. The van der Waals surface area contributed by atoms with E-state index in [0.717, 1.165) is 21.4 Å². The van der Waals surface area contributed by atoms with E-state index in [9.17, 15) is 0 Å². The first-order chi connectivity index (χ1) is 8.72. The number of halogens is 1. The van der Waals surface area contributed by atoms with Gasteiger partial charge in [0.2, 0.25) is 0 Å². The van der Waals surface area contributed by atoms with Crippen LogP contribution in [0.1, 0.15) is 11.1 Å². The normalized spacial score (nSPS) is 9.28. The molecule has 0 aliphatic carbocycles. The average Bonchev–Trinajstić information content (AvgIpc) is 2.39. The molecule has 0 fully saturated rings. The fourth-order valence-corrected chi connectivity index (χ4v) is 1.92. The van der Waals surface area contributed by atoms with Crippen LogP contribution in [0.25, 0.3) is 0 Å². The lowest BCUT2D eigenvalue weighted by molar-refractivity contribution is 1.45. The van der Waals surface area contributed by atoms with E-state index in [1.165, 1.54) is 0 Å². The van der Waals surface area contributed by atoms with Crippen molar-refractivity contribution >= 4 is 27.3 Å². The van der Waals surface area contributed by atoms with Gasteiger partial charge in [-0.25, -0.2) is 0 Å². The van der Waals surface area contributed by atoms with Crippen LogP contribution in [0.4, 0.5) is 11.4 Å². The third kappa shape index (κ3) is 2.71. The Labute approximate surface area is 114 Å². The van der Waals surface area contributed by atoms with Crippen LogP contribution in [0, 0.1) is 23.7 Å². The maximum absolute atomic E-state index is 9.05. The summed E-state index contributed by atoms with van der Waals surface area (Å²) in [6.07, 6.45) is 5.35. The highest BCUT2D eigenvalue weighted by molar-refractivity contribution is 9.10. The maximum Gasteiger partial charge on any atom is 0.101 e. The Morgan fingerprint density at radius 1 is 1.17 bits per heavy atom. The molecule has 0 radical (unpaired) electrons. The molecule has 0 unspecified atom stereocenters. The van der Waals surface area contributed by atoms with Crippen LogP contribution in [0.5, 0.6) is 0 Å². The maximum atomic E-state index is 9.05. The van der Waals surface area contributed by atoms with Crippen LogP contribution < -0.4 is 5.32 Å². The van der Waals surface area contributed by atoms with Gasteiger partial charge in [-0.15, -0.1) is 6.42 Å². The van der Waals surface area contributed by atoms with E-state index in [1.807, 2.05) is 36.4 Å². The van der Waals surface area contributed by atoms with Crippen LogP contribution in [0.2, 0.25) is 0 Å². The summed E-state index contributed by atoms with van der Waals surface area (Å²) >= 11 is 3.39.